The van der Waals surface area contributed by atoms with Crippen LogP contribution in [0, 0.1) is 5.82 Å². The summed E-state index contributed by atoms with van der Waals surface area (Å²) in [4.78, 5) is 17.7. The molecule has 0 spiro atoms. The van der Waals surface area contributed by atoms with Gasteiger partial charge in [-0.05, 0) is 24.0 Å². The normalized spacial score (nSPS) is 14.2. The van der Waals surface area contributed by atoms with Crippen molar-refractivity contribution in [3.63, 3.8) is 0 Å². The van der Waals surface area contributed by atoms with Crippen LogP contribution in [0.25, 0.3) is 0 Å². The highest BCUT2D eigenvalue weighted by atomic mass is 35.5. The zero-order valence-electron chi connectivity index (χ0n) is 11.9. The van der Waals surface area contributed by atoms with E-state index in [1.165, 1.54) is 23.4 Å². The Morgan fingerprint density at radius 2 is 1.86 bits per heavy atom. The molecule has 1 aromatic heterocycles. The molecule has 0 saturated carbocycles. The summed E-state index contributed by atoms with van der Waals surface area (Å²) in [6.07, 6.45) is 2.98. The first-order valence-electron chi connectivity index (χ1n) is 7.07. The molecule has 1 aliphatic heterocycles. The molecule has 2 amide bonds. The summed E-state index contributed by atoms with van der Waals surface area (Å²) in [5.74, 6) is -0.650. The number of urea groups is 1. The second kappa shape index (κ2) is 6.32. The second-order valence-electron chi connectivity index (χ2n) is 5.18. The number of nitrogens with zero attached hydrogens (tertiary/aromatic N) is 2. The van der Waals surface area contributed by atoms with E-state index in [4.69, 9.17) is 11.6 Å². The number of anilines is 1. The first-order chi connectivity index (χ1) is 10.6. The molecular weight excluding hydrogens is 305 g/mol. The first-order valence-corrected chi connectivity index (χ1v) is 7.45. The van der Waals surface area contributed by atoms with E-state index in [1.807, 2.05) is 12.1 Å². The van der Waals surface area contributed by atoms with Gasteiger partial charge in [0, 0.05) is 19.2 Å². The Bertz CT molecular complexity index is 681. The molecule has 0 radical (unpaired) electrons. The van der Waals surface area contributed by atoms with Gasteiger partial charge in [-0.3, -0.25) is 0 Å². The highest BCUT2D eigenvalue weighted by molar-refractivity contribution is 6.29. The van der Waals surface area contributed by atoms with Crippen LogP contribution in [0.15, 0.2) is 36.5 Å². The van der Waals surface area contributed by atoms with E-state index in [1.54, 1.807) is 4.90 Å². The summed E-state index contributed by atoms with van der Waals surface area (Å²) in [6, 6.07) is 9.12. The van der Waals surface area contributed by atoms with E-state index in [-0.39, 0.29) is 11.2 Å². The Kier molecular flexibility index (Phi) is 4.24. The topological polar surface area (TPSA) is 45.2 Å². The predicted octanol–water partition coefficient (Wildman–Crippen LogP) is 3.51. The third-order valence-electron chi connectivity index (χ3n) is 3.76. The molecule has 0 bridgehead atoms. The maximum Gasteiger partial charge on any atom is 0.321 e. The van der Waals surface area contributed by atoms with E-state index in [0.717, 1.165) is 12.8 Å². The van der Waals surface area contributed by atoms with Crippen molar-refractivity contribution in [2.45, 2.75) is 12.8 Å². The summed E-state index contributed by atoms with van der Waals surface area (Å²) in [7, 11) is 0. The zero-order chi connectivity index (χ0) is 15.5. The lowest BCUT2D eigenvalue weighted by Gasteiger charge is -2.20. The number of aromatic nitrogens is 1. The van der Waals surface area contributed by atoms with E-state index < -0.39 is 5.82 Å². The van der Waals surface area contributed by atoms with E-state index in [0.29, 0.717) is 18.8 Å². The highest BCUT2D eigenvalue weighted by Gasteiger charge is 2.18. The van der Waals surface area contributed by atoms with Crippen molar-refractivity contribution in [3.8, 4) is 0 Å². The average Bonchev–Trinajstić information content (AvgIpc) is 2.73. The molecule has 0 aliphatic carbocycles. The van der Waals surface area contributed by atoms with Gasteiger partial charge in [-0.15, -0.1) is 0 Å². The van der Waals surface area contributed by atoms with E-state index >= 15 is 0 Å². The van der Waals surface area contributed by atoms with Crippen LogP contribution in [0.3, 0.4) is 0 Å². The Balaban J connectivity index is 1.67. The molecule has 1 aromatic carbocycles. The second-order valence-corrected chi connectivity index (χ2v) is 5.54. The van der Waals surface area contributed by atoms with Crippen molar-refractivity contribution in [1.29, 1.82) is 0 Å². The number of rotatable bonds is 1. The van der Waals surface area contributed by atoms with Crippen molar-refractivity contribution in [3.05, 3.63) is 58.6 Å². The quantitative estimate of drug-likeness (QED) is 0.818. The Labute approximate surface area is 132 Å². The SMILES string of the molecule is O=C(Nc1cnc(Cl)c(F)c1)N1CCc2ccccc2CC1. The Morgan fingerprint density at radius 1 is 1.23 bits per heavy atom. The van der Waals surface area contributed by atoms with E-state index in [2.05, 4.69) is 22.4 Å². The minimum absolute atomic E-state index is 0.205. The van der Waals surface area contributed by atoms with Gasteiger partial charge in [0.15, 0.2) is 11.0 Å². The molecule has 4 nitrogen and oxygen atoms in total. The van der Waals surface area contributed by atoms with Crippen LogP contribution >= 0.6 is 11.6 Å². The van der Waals surface area contributed by atoms with Crippen molar-refractivity contribution >= 4 is 23.3 Å². The Morgan fingerprint density at radius 3 is 2.45 bits per heavy atom. The largest absolute Gasteiger partial charge is 0.324 e. The van der Waals surface area contributed by atoms with Crippen LogP contribution in [0.5, 0.6) is 0 Å². The highest BCUT2D eigenvalue weighted by Crippen LogP contribution is 2.18. The number of carbonyl (C=O) groups excluding carboxylic acids is 1. The number of fused-ring (bicyclic) bond motifs is 1. The summed E-state index contributed by atoms with van der Waals surface area (Å²) < 4.78 is 13.4. The number of halogens is 2. The standard InChI is InChI=1S/C16H15ClFN3O/c17-15-14(18)9-13(10-19-15)20-16(22)21-7-5-11-3-1-2-4-12(11)6-8-21/h1-4,9-10H,5-8H2,(H,20,22). The molecule has 0 unspecified atom stereocenters. The molecule has 1 aliphatic rings. The molecule has 1 N–H and O–H groups in total. The summed E-state index contributed by atoms with van der Waals surface area (Å²) >= 11 is 5.53. The van der Waals surface area contributed by atoms with Crippen LogP contribution in [0.1, 0.15) is 11.1 Å². The Hall–Kier alpha value is -2.14. The zero-order valence-corrected chi connectivity index (χ0v) is 12.6. The molecule has 2 aromatic rings. The maximum absolute atomic E-state index is 13.4. The monoisotopic (exact) mass is 319 g/mol. The lowest BCUT2D eigenvalue weighted by molar-refractivity contribution is 0.214. The van der Waals surface area contributed by atoms with E-state index in [9.17, 15) is 9.18 Å². The molecule has 22 heavy (non-hydrogen) atoms. The predicted molar refractivity (Wildman–Crippen MR) is 83.6 cm³/mol. The third-order valence-corrected chi connectivity index (χ3v) is 4.03. The molecule has 0 fully saturated rings. The van der Waals surface area contributed by atoms with Gasteiger partial charge >= 0.3 is 6.03 Å². The van der Waals surface area contributed by atoms with Crippen LogP contribution < -0.4 is 5.32 Å². The lowest BCUT2D eigenvalue weighted by Crippen LogP contribution is -2.36. The number of amides is 2. The number of carbonyl (C=O) groups is 1. The van der Waals surface area contributed by atoms with Crippen LogP contribution in [0.2, 0.25) is 5.15 Å². The van der Waals surface area contributed by atoms with Gasteiger partial charge in [0.1, 0.15) is 0 Å². The molecule has 0 saturated heterocycles. The number of benzene rings is 1. The molecule has 6 heteroatoms. The van der Waals surface area contributed by atoms with Gasteiger partial charge in [0.25, 0.3) is 0 Å². The maximum atomic E-state index is 13.4. The molecule has 2 heterocycles. The van der Waals surface area contributed by atoms with Gasteiger partial charge in [-0.25, -0.2) is 14.2 Å². The fraction of sp³-hybridized carbons (Fsp3) is 0.250. The van der Waals surface area contributed by atoms with Gasteiger partial charge in [0.05, 0.1) is 11.9 Å². The van der Waals surface area contributed by atoms with Crippen LogP contribution in [-0.2, 0) is 12.8 Å². The van der Waals surface area contributed by atoms with Crippen LogP contribution in [0.4, 0.5) is 14.9 Å². The molecule has 0 atom stereocenters. The number of hydrogen-bond donors (Lipinski definition) is 1. The fourth-order valence-electron chi connectivity index (χ4n) is 2.56. The van der Waals surface area contributed by atoms with Gasteiger partial charge in [0.2, 0.25) is 0 Å². The fourth-order valence-corrected chi connectivity index (χ4v) is 2.67. The molecular formula is C16H15ClFN3O. The van der Waals surface area contributed by atoms with Crippen molar-refractivity contribution in [2.75, 3.05) is 18.4 Å². The van der Waals surface area contributed by atoms with Gasteiger partial charge in [-0.1, -0.05) is 35.9 Å². The van der Waals surface area contributed by atoms with Crippen molar-refractivity contribution in [1.82, 2.24) is 9.88 Å². The molecule has 3 rings (SSSR count). The third kappa shape index (κ3) is 3.20. The van der Waals surface area contributed by atoms with Gasteiger partial charge in [-0.2, -0.15) is 0 Å². The van der Waals surface area contributed by atoms with Gasteiger partial charge < -0.3 is 10.2 Å². The average molecular weight is 320 g/mol. The minimum atomic E-state index is -0.650. The number of pyridine rings is 1. The number of hydrogen-bond acceptors (Lipinski definition) is 2. The van der Waals surface area contributed by atoms with Crippen LogP contribution in [-0.4, -0.2) is 29.0 Å². The molecule has 114 valence electrons. The van der Waals surface area contributed by atoms with Crippen molar-refractivity contribution in [2.24, 2.45) is 0 Å². The van der Waals surface area contributed by atoms with Crippen molar-refractivity contribution < 1.29 is 9.18 Å². The number of nitrogens with one attached hydrogen (secondary N) is 1. The first kappa shape index (κ1) is 14.8. The minimum Gasteiger partial charge on any atom is -0.324 e. The lowest BCUT2D eigenvalue weighted by atomic mass is 10.0. The summed E-state index contributed by atoms with van der Waals surface area (Å²) in [5.41, 5.74) is 2.85. The smallest absolute Gasteiger partial charge is 0.321 e. The summed E-state index contributed by atoms with van der Waals surface area (Å²) in [6.45, 7) is 1.26. The summed E-state index contributed by atoms with van der Waals surface area (Å²) in [5, 5.41) is 2.45.